The van der Waals surface area contributed by atoms with Crippen LogP contribution in [0.5, 0.6) is 0 Å². The minimum atomic E-state index is -1.07. The van der Waals surface area contributed by atoms with Gasteiger partial charge < -0.3 is 19.5 Å². The van der Waals surface area contributed by atoms with Crippen molar-refractivity contribution in [3.8, 4) is 0 Å². The van der Waals surface area contributed by atoms with Crippen LogP contribution in [-0.2, 0) is 24.6 Å². The number of nitrogens with one attached hydrogen (secondary N) is 3. The van der Waals surface area contributed by atoms with Gasteiger partial charge in [0.05, 0.1) is 26.0 Å². The van der Waals surface area contributed by atoms with Crippen molar-refractivity contribution in [2.24, 2.45) is 0 Å². The Morgan fingerprint density at radius 3 is 2.02 bits per heavy atom. The first-order valence-corrected chi connectivity index (χ1v) is 14.8. The Morgan fingerprint density at radius 2 is 1.50 bits per heavy atom. The molecular formula is C35H36N4O7. The molecule has 0 aliphatic carbocycles. The molecular weight excluding hydrogens is 588 g/mol. The minimum absolute atomic E-state index is 0.0201. The number of amides is 3. The molecule has 3 atom stereocenters. The standard InChI is InChI=1S/C35H36N4O7/c1-23-20-39(34(43)38-31(23)40)30-19-28(36-33(42)37-32(41)24(2)21-44-3)29(46-30)22-45-35(25-13-7-4-8-14-25,26-15-9-5-10-16-26)27-17-11-6-12-18-27/h4-18,20-21,28-30H,19,22H2,1-3H3,(H,38,40,43)(H2,36,37,41,42)/b24-21+/t28-,29-,30-/m1/s1. The molecule has 4 aromatic rings. The van der Waals surface area contributed by atoms with Crippen LogP contribution in [0, 0.1) is 6.92 Å². The number of methoxy groups -OCH3 is 1. The number of benzene rings is 3. The van der Waals surface area contributed by atoms with E-state index in [1.807, 2.05) is 91.0 Å². The van der Waals surface area contributed by atoms with Gasteiger partial charge in [-0.05, 0) is 30.5 Å². The molecule has 11 nitrogen and oxygen atoms in total. The third-order valence-electron chi connectivity index (χ3n) is 7.89. The summed E-state index contributed by atoms with van der Waals surface area (Å²) in [7, 11) is 1.40. The number of rotatable bonds is 10. The van der Waals surface area contributed by atoms with E-state index in [1.165, 1.54) is 31.1 Å². The second-order valence-electron chi connectivity index (χ2n) is 11.0. The Bertz CT molecular complexity index is 1710. The Balaban J connectivity index is 1.51. The maximum Gasteiger partial charge on any atom is 0.330 e. The summed E-state index contributed by atoms with van der Waals surface area (Å²) in [6.07, 6.45) is 1.21. The number of aryl methyl sites for hydroxylation is 1. The number of carbonyl (C=O) groups excluding carboxylic acids is 2. The fourth-order valence-electron chi connectivity index (χ4n) is 5.62. The predicted molar refractivity (Wildman–Crippen MR) is 171 cm³/mol. The zero-order valence-electron chi connectivity index (χ0n) is 25.8. The highest BCUT2D eigenvalue weighted by atomic mass is 16.6. The first kappa shape index (κ1) is 32.1. The van der Waals surface area contributed by atoms with E-state index in [-0.39, 0.29) is 18.6 Å². The number of nitrogens with zero attached hydrogens (tertiary/aromatic N) is 1. The molecule has 46 heavy (non-hydrogen) atoms. The molecule has 1 aliphatic rings. The van der Waals surface area contributed by atoms with E-state index in [1.54, 1.807) is 6.92 Å². The quantitative estimate of drug-likeness (QED) is 0.138. The van der Waals surface area contributed by atoms with Crippen LogP contribution in [0.4, 0.5) is 4.79 Å². The summed E-state index contributed by atoms with van der Waals surface area (Å²) in [4.78, 5) is 52.7. The molecule has 0 radical (unpaired) electrons. The molecule has 3 aromatic carbocycles. The van der Waals surface area contributed by atoms with Crippen molar-refractivity contribution in [3.05, 3.63) is 152 Å². The summed E-state index contributed by atoms with van der Waals surface area (Å²) in [5.41, 5.74) is 0.950. The van der Waals surface area contributed by atoms with Crippen LogP contribution < -0.4 is 21.9 Å². The van der Waals surface area contributed by atoms with Crippen molar-refractivity contribution in [1.29, 1.82) is 0 Å². The zero-order valence-corrected chi connectivity index (χ0v) is 25.8. The summed E-state index contributed by atoms with van der Waals surface area (Å²) in [5, 5.41) is 5.12. The van der Waals surface area contributed by atoms with Crippen molar-refractivity contribution in [2.75, 3.05) is 13.7 Å². The molecule has 1 saturated heterocycles. The summed E-state index contributed by atoms with van der Waals surface area (Å²) in [5.74, 6) is -0.633. The number of aromatic nitrogens is 2. The van der Waals surface area contributed by atoms with E-state index < -0.39 is 47.2 Å². The summed E-state index contributed by atoms with van der Waals surface area (Å²) in [6, 6.07) is 28.0. The van der Waals surface area contributed by atoms with Crippen LogP contribution in [0.2, 0.25) is 0 Å². The molecule has 1 fully saturated rings. The molecule has 238 valence electrons. The number of imide groups is 1. The van der Waals surface area contributed by atoms with E-state index in [0.29, 0.717) is 5.56 Å². The number of hydrogen-bond acceptors (Lipinski definition) is 7. The second-order valence-corrected chi connectivity index (χ2v) is 11.0. The Labute approximate surface area is 265 Å². The third kappa shape index (κ3) is 6.85. The lowest BCUT2D eigenvalue weighted by molar-refractivity contribution is -0.116. The lowest BCUT2D eigenvalue weighted by Crippen LogP contribution is -2.49. The van der Waals surface area contributed by atoms with Gasteiger partial charge in [-0.2, -0.15) is 0 Å². The van der Waals surface area contributed by atoms with Crippen molar-refractivity contribution in [3.63, 3.8) is 0 Å². The number of hydrogen-bond donors (Lipinski definition) is 3. The van der Waals surface area contributed by atoms with Crippen LogP contribution in [0.3, 0.4) is 0 Å². The van der Waals surface area contributed by atoms with Gasteiger partial charge in [0.1, 0.15) is 17.9 Å². The molecule has 3 amide bonds. The van der Waals surface area contributed by atoms with Crippen molar-refractivity contribution >= 4 is 11.9 Å². The number of urea groups is 1. The number of aromatic amines is 1. The molecule has 5 rings (SSSR count). The fourth-order valence-corrected chi connectivity index (χ4v) is 5.62. The summed E-state index contributed by atoms with van der Waals surface area (Å²) in [6.45, 7) is 3.08. The van der Waals surface area contributed by atoms with Gasteiger partial charge in [0.15, 0.2) is 0 Å². The minimum Gasteiger partial charge on any atom is -0.504 e. The number of carbonyl (C=O) groups is 2. The van der Waals surface area contributed by atoms with Gasteiger partial charge in [0, 0.05) is 23.8 Å². The Morgan fingerprint density at radius 1 is 0.957 bits per heavy atom. The van der Waals surface area contributed by atoms with Gasteiger partial charge in [0.25, 0.3) is 11.5 Å². The molecule has 1 aromatic heterocycles. The molecule has 0 saturated carbocycles. The predicted octanol–water partition coefficient (Wildman–Crippen LogP) is 3.89. The van der Waals surface area contributed by atoms with Gasteiger partial charge in [-0.1, -0.05) is 91.0 Å². The van der Waals surface area contributed by atoms with E-state index in [2.05, 4.69) is 15.6 Å². The van der Waals surface area contributed by atoms with Gasteiger partial charge in [-0.3, -0.25) is 24.5 Å². The first-order valence-electron chi connectivity index (χ1n) is 14.8. The third-order valence-corrected chi connectivity index (χ3v) is 7.89. The molecule has 3 N–H and O–H groups in total. The highest BCUT2D eigenvalue weighted by Gasteiger charge is 2.43. The fraction of sp³-hybridized carbons (Fsp3) is 0.257. The molecule has 11 heteroatoms. The Hall–Kier alpha value is -5.26. The van der Waals surface area contributed by atoms with Crippen molar-refractivity contribution in [1.82, 2.24) is 20.2 Å². The average molecular weight is 625 g/mol. The van der Waals surface area contributed by atoms with Crippen LogP contribution in [-0.4, -0.2) is 47.4 Å². The van der Waals surface area contributed by atoms with E-state index >= 15 is 0 Å². The molecule has 0 unspecified atom stereocenters. The van der Waals surface area contributed by atoms with Gasteiger partial charge in [-0.15, -0.1) is 0 Å². The van der Waals surface area contributed by atoms with E-state index in [0.717, 1.165) is 16.7 Å². The van der Waals surface area contributed by atoms with Crippen LogP contribution in [0.1, 0.15) is 41.8 Å². The SMILES string of the molecule is CO/C=C(\C)C(=O)NC(=O)N[C@@H]1C[C@H](n2cc(C)c(=O)[nH]c2=O)O[C@@H]1COC(c1ccccc1)(c1ccccc1)c1ccccc1. The molecule has 0 bridgehead atoms. The maximum atomic E-state index is 13.0. The maximum absolute atomic E-state index is 13.0. The monoisotopic (exact) mass is 624 g/mol. The Kier molecular flexibility index (Phi) is 9.94. The highest BCUT2D eigenvalue weighted by Crippen LogP contribution is 2.41. The number of H-pyrrole nitrogens is 1. The topological polar surface area (TPSA) is 141 Å². The smallest absolute Gasteiger partial charge is 0.330 e. The first-order chi connectivity index (χ1) is 22.2. The van der Waals surface area contributed by atoms with Gasteiger partial charge >= 0.3 is 11.7 Å². The summed E-state index contributed by atoms with van der Waals surface area (Å²) < 4.78 is 19.5. The lowest BCUT2D eigenvalue weighted by atomic mass is 9.80. The summed E-state index contributed by atoms with van der Waals surface area (Å²) >= 11 is 0. The van der Waals surface area contributed by atoms with Gasteiger partial charge in [-0.25, -0.2) is 9.59 Å². The van der Waals surface area contributed by atoms with Crippen LogP contribution in [0.25, 0.3) is 0 Å². The van der Waals surface area contributed by atoms with Crippen molar-refractivity contribution in [2.45, 2.75) is 44.2 Å². The van der Waals surface area contributed by atoms with E-state index in [4.69, 9.17) is 14.2 Å². The van der Waals surface area contributed by atoms with Crippen molar-refractivity contribution < 1.29 is 23.8 Å². The normalized spacial score (nSPS) is 18.2. The van der Waals surface area contributed by atoms with Crippen LogP contribution in [0.15, 0.2) is 119 Å². The molecule has 1 aliphatic heterocycles. The second kappa shape index (κ2) is 14.2. The highest BCUT2D eigenvalue weighted by molar-refractivity contribution is 6.03. The lowest BCUT2D eigenvalue weighted by Gasteiger charge is -2.37. The number of ether oxygens (including phenoxy) is 3. The zero-order chi connectivity index (χ0) is 32.7. The van der Waals surface area contributed by atoms with Gasteiger partial charge in [0.2, 0.25) is 0 Å². The van der Waals surface area contributed by atoms with E-state index in [9.17, 15) is 19.2 Å². The average Bonchev–Trinajstić information content (AvgIpc) is 3.46. The molecule has 2 heterocycles. The molecule has 0 spiro atoms. The van der Waals surface area contributed by atoms with Crippen LogP contribution >= 0.6 is 0 Å². The largest absolute Gasteiger partial charge is 0.504 e.